The van der Waals surface area contributed by atoms with E-state index in [-0.39, 0.29) is 6.42 Å². The number of aliphatic carboxylic acids is 1. The Hall–Kier alpha value is -1.85. The molecule has 0 aliphatic rings. The van der Waals surface area contributed by atoms with Crippen molar-refractivity contribution in [1.29, 1.82) is 0 Å². The van der Waals surface area contributed by atoms with E-state index in [0.717, 1.165) is 4.57 Å². The summed E-state index contributed by atoms with van der Waals surface area (Å²) in [7, 11) is 2.90. The Morgan fingerprint density at radius 2 is 2.00 bits per heavy atom. The Balaban J connectivity index is 3.31. The van der Waals surface area contributed by atoms with Gasteiger partial charge in [0.1, 0.15) is 0 Å². The molecule has 0 amide bonds. The van der Waals surface area contributed by atoms with Gasteiger partial charge in [-0.2, -0.15) is 0 Å². The third-order valence-corrected chi connectivity index (χ3v) is 2.48. The van der Waals surface area contributed by atoms with Gasteiger partial charge in [0.25, 0.3) is 5.56 Å². The number of aromatic nitrogens is 2. The first kappa shape index (κ1) is 12.2. The van der Waals surface area contributed by atoms with Crippen LogP contribution in [0.3, 0.4) is 0 Å². The lowest BCUT2D eigenvalue weighted by Gasteiger charge is -2.11. The second-order valence-corrected chi connectivity index (χ2v) is 3.84. The van der Waals surface area contributed by atoms with E-state index in [1.54, 1.807) is 6.92 Å². The summed E-state index contributed by atoms with van der Waals surface area (Å²) in [4.78, 5) is 33.7. The Bertz CT molecular complexity index is 527. The predicted octanol–water partition coefficient (Wildman–Crippen LogP) is -0.338. The zero-order chi connectivity index (χ0) is 12.5. The van der Waals surface area contributed by atoms with E-state index < -0.39 is 23.1 Å². The summed E-state index contributed by atoms with van der Waals surface area (Å²) in [6.45, 7) is 1.65. The molecule has 0 fully saturated rings. The van der Waals surface area contributed by atoms with Crippen LogP contribution in [-0.2, 0) is 18.9 Å². The first-order valence-corrected chi connectivity index (χ1v) is 4.83. The molecule has 1 heterocycles. The Kier molecular flexibility index (Phi) is 3.31. The lowest BCUT2D eigenvalue weighted by atomic mass is 10.0. The van der Waals surface area contributed by atoms with Crippen molar-refractivity contribution in [3.63, 3.8) is 0 Å². The van der Waals surface area contributed by atoms with E-state index in [1.165, 1.54) is 24.9 Å². The van der Waals surface area contributed by atoms with Crippen LogP contribution in [-0.4, -0.2) is 20.2 Å². The summed E-state index contributed by atoms with van der Waals surface area (Å²) in [5.41, 5.74) is -0.514. The average molecular weight is 226 g/mol. The lowest BCUT2D eigenvalue weighted by molar-refractivity contribution is -0.137. The molecule has 6 heteroatoms. The maximum atomic E-state index is 11.7. The van der Waals surface area contributed by atoms with Gasteiger partial charge in [0.15, 0.2) is 0 Å². The van der Waals surface area contributed by atoms with Gasteiger partial charge < -0.3 is 9.67 Å². The van der Waals surface area contributed by atoms with Crippen molar-refractivity contribution in [3.8, 4) is 0 Å². The number of hydrogen-bond donors (Lipinski definition) is 1. The van der Waals surface area contributed by atoms with Gasteiger partial charge >= 0.3 is 11.7 Å². The molecule has 88 valence electrons. The highest BCUT2D eigenvalue weighted by molar-refractivity contribution is 5.67. The Morgan fingerprint density at radius 1 is 1.44 bits per heavy atom. The highest BCUT2D eigenvalue weighted by Crippen LogP contribution is 2.13. The van der Waals surface area contributed by atoms with Gasteiger partial charge in [0.2, 0.25) is 0 Å². The third-order valence-electron chi connectivity index (χ3n) is 2.48. The van der Waals surface area contributed by atoms with Crippen LogP contribution in [0, 0.1) is 0 Å². The number of rotatable bonds is 3. The fourth-order valence-electron chi connectivity index (χ4n) is 1.55. The molecule has 1 aromatic rings. The van der Waals surface area contributed by atoms with Gasteiger partial charge in [-0.3, -0.25) is 14.2 Å². The molecule has 1 aromatic heterocycles. The van der Waals surface area contributed by atoms with Gasteiger partial charge in [-0.05, 0) is 5.92 Å². The maximum absolute atomic E-state index is 11.7. The molecule has 0 aliphatic carbocycles. The van der Waals surface area contributed by atoms with Crippen LogP contribution in [0.2, 0.25) is 0 Å². The number of carbonyl (C=O) groups is 1. The number of aryl methyl sites for hydroxylation is 1. The smallest absolute Gasteiger partial charge is 0.330 e. The molecule has 1 atom stereocenters. The summed E-state index contributed by atoms with van der Waals surface area (Å²) >= 11 is 0. The van der Waals surface area contributed by atoms with Crippen molar-refractivity contribution in [2.24, 2.45) is 14.1 Å². The molecular formula is C10H14N2O4. The fraction of sp³-hybridized carbons (Fsp3) is 0.500. The summed E-state index contributed by atoms with van der Waals surface area (Å²) in [6, 6.07) is 0. The molecule has 0 unspecified atom stereocenters. The second kappa shape index (κ2) is 4.34. The lowest BCUT2D eigenvalue weighted by Crippen LogP contribution is -2.39. The first-order valence-electron chi connectivity index (χ1n) is 4.83. The number of carboxylic acid groups (broad SMARTS) is 1. The largest absolute Gasteiger partial charge is 0.481 e. The van der Waals surface area contributed by atoms with Crippen molar-refractivity contribution < 1.29 is 9.90 Å². The zero-order valence-corrected chi connectivity index (χ0v) is 9.43. The molecule has 0 radical (unpaired) electrons. The maximum Gasteiger partial charge on any atom is 0.330 e. The van der Waals surface area contributed by atoms with Gasteiger partial charge in [-0.1, -0.05) is 6.92 Å². The van der Waals surface area contributed by atoms with Crippen molar-refractivity contribution >= 4 is 5.97 Å². The van der Waals surface area contributed by atoms with Crippen molar-refractivity contribution in [2.75, 3.05) is 0 Å². The molecule has 1 rings (SSSR count). The third kappa shape index (κ3) is 2.21. The van der Waals surface area contributed by atoms with Gasteiger partial charge in [-0.15, -0.1) is 0 Å². The second-order valence-electron chi connectivity index (χ2n) is 3.84. The van der Waals surface area contributed by atoms with Crippen LogP contribution in [0.15, 0.2) is 15.8 Å². The molecule has 0 aliphatic heterocycles. The standard InChI is InChI=1S/C10H14N2O4/c1-6(4-8(13)14)7-5-11(2)10(16)12(3)9(7)15/h5-6H,4H2,1-3H3,(H,13,14)/t6-/m0/s1. The number of carboxylic acids is 1. The van der Waals surface area contributed by atoms with E-state index in [4.69, 9.17) is 5.11 Å². The highest BCUT2D eigenvalue weighted by atomic mass is 16.4. The molecule has 6 nitrogen and oxygen atoms in total. The van der Waals surface area contributed by atoms with Gasteiger partial charge in [0, 0.05) is 25.9 Å². The fourth-order valence-corrected chi connectivity index (χ4v) is 1.55. The monoisotopic (exact) mass is 226 g/mol. The molecule has 0 aromatic carbocycles. The highest BCUT2D eigenvalue weighted by Gasteiger charge is 2.16. The molecule has 16 heavy (non-hydrogen) atoms. The first-order chi connectivity index (χ1) is 7.34. The molecular weight excluding hydrogens is 212 g/mol. The summed E-state index contributed by atoms with van der Waals surface area (Å²) < 4.78 is 2.25. The summed E-state index contributed by atoms with van der Waals surface area (Å²) in [6.07, 6.45) is 1.27. The molecule has 1 N–H and O–H groups in total. The van der Waals surface area contributed by atoms with Crippen LogP contribution in [0.4, 0.5) is 0 Å². The van der Waals surface area contributed by atoms with E-state index >= 15 is 0 Å². The predicted molar refractivity (Wildman–Crippen MR) is 57.6 cm³/mol. The average Bonchev–Trinajstić information content (AvgIpc) is 2.19. The van der Waals surface area contributed by atoms with E-state index in [0.29, 0.717) is 5.56 Å². The minimum Gasteiger partial charge on any atom is -0.481 e. The number of hydrogen-bond acceptors (Lipinski definition) is 3. The van der Waals surface area contributed by atoms with E-state index in [1.807, 2.05) is 0 Å². The van der Waals surface area contributed by atoms with E-state index in [9.17, 15) is 14.4 Å². The SMILES string of the molecule is C[C@@H](CC(=O)O)c1cn(C)c(=O)n(C)c1=O. The number of nitrogens with zero attached hydrogens (tertiary/aromatic N) is 2. The summed E-state index contributed by atoms with van der Waals surface area (Å²) in [5, 5.41) is 8.65. The van der Waals surface area contributed by atoms with Gasteiger partial charge in [-0.25, -0.2) is 4.79 Å². The Morgan fingerprint density at radius 3 is 2.50 bits per heavy atom. The van der Waals surface area contributed by atoms with E-state index in [2.05, 4.69) is 0 Å². The topological polar surface area (TPSA) is 81.3 Å². The van der Waals surface area contributed by atoms with Crippen molar-refractivity contribution in [2.45, 2.75) is 19.3 Å². The van der Waals surface area contributed by atoms with Crippen molar-refractivity contribution in [3.05, 3.63) is 32.6 Å². The molecule has 0 spiro atoms. The molecule has 0 bridgehead atoms. The minimum atomic E-state index is -0.969. The van der Waals surface area contributed by atoms with Crippen molar-refractivity contribution in [1.82, 2.24) is 9.13 Å². The normalized spacial score (nSPS) is 12.4. The summed E-state index contributed by atoms with van der Waals surface area (Å²) in [5.74, 6) is -1.38. The van der Waals surface area contributed by atoms with Crippen LogP contribution in [0.5, 0.6) is 0 Å². The van der Waals surface area contributed by atoms with Gasteiger partial charge in [0.05, 0.1) is 6.42 Å². The van der Waals surface area contributed by atoms with Crippen LogP contribution >= 0.6 is 0 Å². The minimum absolute atomic E-state index is 0.132. The van der Waals surface area contributed by atoms with Crippen LogP contribution in [0.25, 0.3) is 0 Å². The van der Waals surface area contributed by atoms with Crippen LogP contribution in [0.1, 0.15) is 24.8 Å². The molecule has 0 saturated carbocycles. The quantitative estimate of drug-likeness (QED) is 0.764. The molecule has 0 saturated heterocycles. The van der Waals surface area contributed by atoms with Crippen LogP contribution < -0.4 is 11.2 Å². The zero-order valence-electron chi connectivity index (χ0n) is 9.43. The Labute approximate surface area is 91.8 Å².